The number of amides is 1. The van der Waals surface area contributed by atoms with Crippen LogP contribution in [0.15, 0.2) is 73.2 Å². The normalized spacial score (nSPS) is 14.5. The lowest BCUT2D eigenvalue weighted by Gasteiger charge is -2.15. The number of aryl methyl sites for hydroxylation is 3. The molecule has 0 unspecified atom stereocenters. The van der Waals surface area contributed by atoms with Gasteiger partial charge in [0.25, 0.3) is 5.91 Å². The number of nitrogen functional groups attached to an aromatic ring is 1. The van der Waals surface area contributed by atoms with Crippen LogP contribution in [0.2, 0.25) is 0 Å². The fourth-order valence-corrected chi connectivity index (χ4v) is 5.31. The third kappa shape index (κ3) is 3.90. The van der Waals surface area contributed by atoms with Gasteiger partial charge in [-0.1, -0.05) is 6.07 Å². The summed E-state index contributed by atoms with van der Waals surface area (Å²) in [6.07, 6.45) is 6.88. The second-order valence-corrected chi connectivity index (χ2v) is 9.91. The highest BCUT2D eigenvalue weighted by atomic mass is 16.2. The van der Waals surface area contributed by atoms with E-state index >= 15 is 0 Å². The maximum atomic E-state index is 12.9. The average molecular weight is 531 g/mol. The highest BCUT2D eigenvalue weighted by Crippen LogP contribution is 2.36. The highest BCUT2D eigenvalue weighted by molar-refractivity contribution is 5.92. The quantitative estimate of drug-likeness (QED) is 0.347. The molecule has 0 spiro atoms. The molecule has 0 saturated carbocycles. The zero-order chi connectivity index (χ0) is 27.4. The molecule has 11 nitrogen and oxygen atoms in total. The molecule has 1 aliphatic rings. The Balaban J connectivity index is 1.31. The molecule has 1 amide bonds. The molecule has 40 heavy (non-hydrogen) atoms. The predicted octanol–water partition coefficient (Wildman–Crippen LogP) is 3.71. The van der Waals surface area contributed by atoms with Crippen molar-refractivity contribution in [3.63, 3.8) is 0 Å². The second-order valence-electron chi connectivity index (χ2n) is 9.91. The zero-order valence-corrected chi connectivity index (χ0v) is 22.0. The molecule has 11 heteroatoms. The summed E-state index contributed by atoms with van der Waals surface area (Å²) < 4.78 is 5.43. The van der Waals surface area contributed by atoms with E-state index in [9.17, 15) is 4.79 Å². The summed E-state index contributed by atoms with van der Waals surface area (Å²) in [4.78, 5) is 27.0. The molecule has 1 aromatic carbocycles. The first-order chi connectivity index (χ1) is 19.5. The van der Waals surface area contributed by atoms with Crippen LogP contribution in [0, 0.1) is 6.92 Å². The Morgan fingerprint density at radius 2 is 1.98 bits per heavy atom. The predicted molar refractivity (Wildman–Crippen MR) is 150 cm³/mol. The molecule has 1 atom stereocenters. The van der Waals surface area contributed by atoms with Crippen molar-refractivity contribution in [2.75, 3.05) is 5.73 Å². The first kappa shape index (κ1) is 23.8. The number of hydrogen-bond donors (Lipinski definition) is 2. The number of nitrogens with one attached hydrogen (secondary N) is 1. The Morgan fingerprint density at radius 1 is 1.07 bits per heavy atom. The minimum Gasteiger partial charge on any atom is -0.383 e. The minimum atomic E-state index is -0.170. The van der Waals surface area contributed by atoms with E-state index in [0.717, 1.165) is 46.4 Å². The molecule has 0 radical (unpaired) electrons. The molecule has 0 aliphatic heterocycles. The standard InChI is InChI=1S/C29H26N10O/c1-17-15-24(36-37(17)2)29(40)34-22-9-6-18-16-19(7-8-20(18)22)39-27(21-5-3-12-31-26(21)30)33-23-10-11-25(35-28(23)39)38-14-4-13-32-38/h3-5,7-8,10-16,22H,6,9H2,1-2H3,(H2,30,31)(H,34,40)/t22-/m0/s1. The van der Waals surface area contributed by atoms with Gasteiger partial charge < -0.3 is 11.1 Å². The van der Waals surface area contributed by atoms with Gasteiger partial charge >= 0.3 is 0 Å². The number of carbonyl (C=O) groups is 1. The van der Waals surface area contributed by atoms with E-state index in [2.05, 4.69) is 32.6 Å². The van der Waals surface area contributed by atoms with Crippen LogP contribution in [-0.2, 0) is 13.5 Å². The van der Waals surface area contributed by atoms with Crippen molar-refractivity contribution in [2.24, 2.45) is 7.05 Å². The third-order valence-electron chi connectivity index (χ3n) is 7.42. The van der Waals surface area contributed by atoms with Crippen molar-refractivity contribution >= 4 is 22.9 Å². The maximum absolute atomic E-state index is 12.9. The lowest BCUT2D eigenvalue weighted by molar-refractivity contribution is 0.0931. The van der Waals surface area contributed by atoms with Gasteiger partial charge in [0, 0.05) is 37.0 Å². The molecule has 7 rings (SSSR count). The van der Waals surface area contributed by atoms with Crippen LogP contribution in [0.3, 0.4) is 0 Å². The molecule has 6 aromatic rings. The summed E-state index contributed by atoms with van der Waals surface area (Å²) in [5, 5.41) is 11.8. The van der Waals surface area contributed by atoms with Crippen LogP contribution in [-0.4, -0.2) is 45.0 Å². The van der Waals surface area contributed by atoms with E-state index in [1.165, 1.54) is 0 Å². The van der Waals surface area contributed by atoms with Gasteiger partial charge in [-0.25, -0.2) is 19.6 Å². The second kappa shape index (κ2) is 9.16. The fraction of sp³-hybridized carbons (Fsp3) is 0.172. The number of hydrogen-bond acceptors (Lipinski definition) is 7. The average Bonchev–Trinajstić information content (AvgIpc) is 3.75. The van der Waals surface area contributed by atoms with E-state index < -0.39 is 0 Å². The Bertz CT molecular complexity index is 1880. The minimum absolute atomic E-state index is 0.0867. The molecular weight excluding hydrogens is 504 g/mol. The van der Waals surface area contributed by atoms with Crippen LogP contribution in [0.5, 0.6) is 0 Å². The van der Waals surface area contributed by atoms with Crippen LogP contribution in [0.4, 0.5) is 5.82 Å². The van der Waals surface area contributed by atoms with Crippen molar-refractivity contribution in [1.82, 2.24) is 44.4 Å². The van der Waals surface area contributed by atoms with Gasteiger partial charge in [0.1, 0.15) is 17.0 Å². The molecular formula is C29H26N10O. The van der Waals surface area contributed by atoms with E-state index in [-0.39, 0.29) is 11.9 Å². The van der Waals surface area contributed by atoms with Gasteiger partial charge in [-0.15, -0.1) is 0 Å². The number of aromatic nitrogens is 8. The number of fused-ring (bicyclic) bond motifs is 2. The van der Waals surface area contributed by atoms with Crippen LogP contribution in [0.1, 0.15) is 39.8 Å². The third-order valence-corrected chi connectivity index (χ3v) is 7.42. The Labute approximate surface area is 229 Å². The number of anilines is 1. The van der Waals surface area contributed by atoms with E-state index in [1.807, 2.05) is 61.1 Å². The SMILES string of the molecule is Cc1cc(C(=O)N[C@H]2CCc3cc(-n4c(-c5cccnc5N)nc5ccc(-n6cccn6)nc54)ccc32)nn1C. The first-order valence-corrected chi connectivity index (χ1v) is 13.0. The highest BCUT2D eigenvalue weighted by Gasteiger charge is 2.27. The Hall–Kier alpha value is -5.32. The van der Waals surface area contributed by atoms with Crippen LogP contribution < -0.4 is 11.1 Å². The Morgan fingerprint density at radius 3 is 2.75 bits per heavy atom. The number of pyridine rings is 2. The summed E-state index contributed by atoms with van der Waals surface area (Å²) in [6.45, 7) is 1.93. The van der Waals surface area contributed by atoms with Gasteiger partial charge in [0.15, 0.2) is 17.3 Å². The lowest BCUT2D eigenvalue weighted by Crippen LogP contribution is -2.27. The number of nitrogens with zero attached hydrogens (tertiary/aromatic N) is 8. The molecule has 0 bridgehead atoms. The molecule has 0 saturated heterocycles. The summed E-state index contributed by atoms with van der Waals surface area (Å²) in [5.41, 5.74) is 12.9. The van der Waals surface area contributed by atoms with Gasteiger partial charge in [0.05, 0.1) is 11.6 Å². The summed E-state index contributed by atoms with van der Waals surface area (Å²) >= 11 is 0. The van der Waals surface area contributed by atoms with Gasteiger partial charge in [-0.2, -0.15) is 10.2 Å². The van der Waals surface area contributed by atoms with Crippen LogP contribution in [0.25, 0.3) is 34.1 Å². The first-order valence-electron chi connectivity index (χ1n) is 13.0. The molecule has 5 aromatic heterocycles. The van der Waals surface area contributed by atoms with E-state index in [4.69, 9.17) is 15.7 Å². The number of benzene rings is 1. The van der Waals surface area contributed by atoms with Gasteiger partial charge in [0.2, 0.25) is 0 Å². The number of rotatable bonds is 5. The van der Waals surface area contributed by atoms with Crippen molar-refractivity contribution in [1.29, 1.82) is 0 Å². The lowest BCUT2D eigenvalue weighted by atomic mass is 10.1. The van der Waals surface area contributed by atoms with Crippen molar-refractivity contribution in [3.8, 4) is 22.9 Å². The smallest absolute Gasteiger partial charge is 0.272 e. The summed E-state index contributed by atoms with van der Waals surface area (Å²) in [5.74, 6) is 1.55. The molecule has 1 aliphatic carbocycles. The number of carbonyl (C=O) groups excluding carboxylic acids is 1. The molecule has 3 N–H and O–H groups in total. The zero-order valence-electron chi connectivity index (χ0n) is 22.0. The molecule has 198 valence electrons. The van der Waals surface area contributed by atoms with E-state index in [0.29, 0.717) is 28.8 Å². The van der Waals surface area contributed by atoms with Crippen LogP contribution >= 0.6 is 0 Å². The van der Waals surface area contributed by atoms with Crippen molar-refractivity contribution in [3.05, 3.63) is 95.7 Å². The number of imidazole rings is 1. The van der Waals surface area contributed by atoms with Gasteiger partial charge in [-0.05, 0) is 79.4 Å². The molecule has 0 fully saturated rings. The number of nitrogens with two attached hydrogens (primary N) is 1. The topological polar surface area (TPSA) is 134 Å². The summed E-state index contributed by atoms with van der Waals surface area (Å²) in [7, 11) is 1.83. The monoisotopic (exact) mass is 530 g/mol. The van der Waals surface area contributed by atoms with Crippen molar-refractivity contribution < 1.29 is 4.79 Å². The fourth-order valence-electron chi connectivity index (χ4n) is 5.31. The van der Waals surface area contributed by atoms with Crippen molar-refractivity contribution in [2.45, 2.75) is 25.8 Å². The largest absolute Gasteiger partial charge is 0.383 e. The maximum Gasteiger partial charge on any atom is 0.272 e. The van der Waals surface area contributed by atoms with Gasteiger partial charge in [-0.3, -0.25) is 14.0 Å². The Kier molecular flexibility index (Phi) is 5.44. The summed E-state index contributed by atoms with van der Waals surface area (Å²) in [6, 6.07) is 17.4. The molecule has 5 heterocycles. The van der Waals surface area contributed by atoms with E-state index in [1.54, 1.807) is 27.8 Å².